The molecule has 5 nitrogen and oxygen atoms in total. The molecule has 0 fully saturated rings. The van der Waals surface area contributed by atoms with Crippen molar-refractivity contribution in [3.8, 4) is 45.8 Å². The van der Waals surface area contributed by atoms with Crippen LogP contribution in [0, 0.1) is 29.2 Å². The number of nitrogens with zero attached hydrogens (tertiary/aromatic N) is 5. The minimum Gasteiger partial charge on any atom is -0.318 e. The molecule has 2 heterocycles. The van der Waals surface area contributed by atoms with Crippen LogP contribution in [0.15, 0.2) is 152 Å². The van der Waals surface area contributed by atoms with Crippen molar-refractivity contribution in [2.75, 3.05) is 0 Å². The smallest absolute Gasteiger partial charge is 0.211 e. The minimum atomic E-state index is 0.553. The third kappa shape index (κ3) is 4.31. The standard InChI is InChI=1S/C45H25N5/c1-48-39-18-9-17-35(45(39)50-40-19-4-2-15-36(40)37-16-3-5-20-41(37)50)32-12-6-10-30(25-32)31-11-7-14-34(26-31)49-42-23-22-29(27-46)24-38(42)44-33(28-47)13-8-21-43(44)49/h2-26H. The number of para-hydroxylation sites is 3. The zero-order valence-electron chi connectivity index (χ0n) is 26.7. The van der Waals surface area contributed by atoms with Crippen molar-refractivity contribution in [1.29, 1.82) is 10.5 Å². The number of nitriles is 2. The molecule has 0 bridgehead atoms. The van der Waals surface area contributed by atoms with E-state index in [0.29, 0.717) is 16.8 Å². The maximum absolute atomic E-state index is 9.99. The van der Waals surface area contributed by atoms with E-state index in [4.69, 9.17) is 6.57 Å². The Hall–Kier alpha value is -7.39. The lowest BCUT2D eigenvalue weighted by Gasteiger charge is -2.17. The molecule has 9 aromatic rings. The van der Waals surface area contributed by atoms with E-state index in [2.05, 4.69) is 117 Å². The zero-order chi connectivity index (χ0) is 33.8. The second-order valence-corrected chi connectivity index (χ2v) is 12.3. The summed E-state index contributed by atoms with van der Waals surface area (Å²) in [5.74, 6) is 0. The predicted octanol–water partition coefficient (Wildman–Crippen LogP) is 11.5. The minimum absolute atomic E-state index is 0.553. The maximum atomic E-state index is 9.99. The van der Waals surface area contributed by atoms with Crippen molar-refractivity contribution >= 4 is 49.3 Å². The second-order valence-electron chi connectivity index (χ2n) is 12.3. The highest BCUT2D eigenvalue weighted by Gasteiger charge is 2.20. The molecule has 0 aliphatic carbocycles. The summed E-state index contributed by atoms with van der Waals surface area (Å²) in [6.07, 6.45) is 0. The van der Waals surface area contributed by atoms with Crippen molar-refractivity contribution in [2.45, 2.75) is 0 Å². The Kier molecular flexibility index (Phi) is 6.56. The molecule has 0 aliphatic rings. The van der Waals surface area contributed by atoms with E-state index in [1.54, 1.807) is 0 Å². The van der Waals surface area contributed by atoms with Crippen molar-refractivity contribution in [2.24, 2.45) is 0 Å². The summed E-state index contributed by atoms with van der Waals surface area (Å²) in [6, 6.07) is 55.6. The molecule has 0 N–H and O–H groups in total. The van der Waals surface area contributed by atoms with Crippen molar-refractivity contribution in [3.05, 3.63) is 174 Å². The van der Waals surface area contributed by atoms with Gasteiger partial charge in [0.1, 0.15) is 0 Å². The highest BCUT2D eigenvalue weighted by molar-refractivity contribution is 6.12. The van der Waals surface area contributed by atoms with Crippen LogP contribution in [-0.2, 0) is 0 Å². The fourth-order valence-electron chi connectivity index (χ4n) is 7.46. The fraction of sp³-hybridized carbons (Fsp3) is 0. The molecule has 9 rings (SSSR count). The van der Waals surface area contributed by atoms with E-state index in [1.807, 2.05) is 60.7 Å². The largest absolute Gasteiger partial charge is 0.318 e. The Morgan fingerprint density at radius 1 is 0.500 bits per heavy atom. The van der Waals surface area contributed by atoms with E-state index >= 15 is 0 Å². The highest BCUT2D eigenvalue weighted by Crippen LogP contribution is 2.42. The number of fused-ring (bicyclic) bond motifs is 6. The van der Waals surface area contributed by atoms with Gasteiger partial charge in [-0.15, -0.1) is 0 Å². The summed E-state index contributed by atoms with van der Waals surface area (Å²) in [7, 11) is 0. The molecule has 2 aromatic heterocycles. The van der Waals surface area contributed by atoms with Gasteiger partial charge in [-0.25, -0.2) is 4.85 Å². The van der Waals surface area contributed by atoms with Crippen LogP contribution in [0.4, 0.5) is 5.69 Å². The predicted molar refractivity (Wildman–Crippen MR) is 202 cm³/mol. The van der Waals surface area contributed by atoms with Crippen LogP contribution < -0.4 is 0 Å². The molecule has 0 spiro atoms. The monoisotopic (exact) mass is 635 g/mol. The Morgan fingerprint density at radius 2 is 1.14 bits per heavy atom. The van der Waals surface area contributed by atoms with Gasteiger partial charge in [-0.1, -0.05) is 91.0 Å². The van der Waals surface area contributed by atoms with Crippen molar-refractivity contribution in [3.63, 3.8) is 0 Å². The first-order valence-electron chi connectivity index (χ1n) is 16.3. The van der Waals surface area contributed by atoms with Crippen LogP contribution in [0.25, 0.3) is 82.1 Å². The third-order valence-electron chi connectivity index (χ3n) is 9.59. The average molecular weight is 636 g/mol. The van der Waals surface area contributed by atoms with Gasteiger partial charge in [0.2, 0.25) is 5.69 Å². The molecule has 0 saturated carbocycles. The van der Waals surface area contributed by atoms with Crippen molar-refractivity contribution in [1.82, 2.24) is 9.13 Å². The Bertz CT molecular complexity index is 2920. The lowest BCUT2D eigenvalue weighted by Crippen LogP contribution is -1.98. The lowest BCUT2D eigenvalue weighted by atomic mass is 9.97. The Labute approximate surface area is 288 Å². The SMILES string of the molecule is [C-]#[N+]c1cccc(-c2cccc(-c3cccc(-n4c5ccc(C#N)cc5c5c(C#N)cccc54)c3)c2)c1-n1c2ccccc2c2ccccc21. The molecule has 0 radical (unpaired) electrons. The van der Waals surface area contributed by atoms with Gasteiger partial charge in [-0.2, -0.15) is 10.5 Å². The fourth-order valence-corrected chi connectivity index (χ4v) is 7.46. The van der Waals surface area contributed by atoms with Gasteiger partial charge in [0, 0.05) is 27.2 Å². The number of hydrogen-bond donors (Lipinski definition) is 0. The van der Waals surface area contributed by atoms with Gasteiger partial charge in [-0.05, 0) is 82.9 Å². The van der Waals surface area contributed by atoms with Gasteiger partial charge in [0.25, 0.3) is 0 Å². The average Bonchev–Trinajstić information content (AvgIpc) is 3.70. The molecule has 230 valence electrons. The topological polar surface area (TPSA) is 61.8 Å². The summed E-state index contributed by atoms with van der Waals surface area (Å²) < 4.78 is 4.40. The highest BCUT2D eigenvalue weighted by atomic mass is 15.0. The van der Waals surface area contributed by atoms with E-state index in [0.717, 1.165) is 77.2 Å². The first kappa shape index (κ1) is 28.8. The van der Waals surface area contributed by atoms with E-state index < -0.39 is 0 Å². The number of hydrogen-bond acceptors (Lipinski definition) is 2. The van der Waals surface area contributed by atoms with Crippen molar-refractivity contribution < 1.29 is 0 Å². The van der Waals surface area contributed by atoms with E-state index in [9.17, 15) is 10.5 Å². The van der Waals surface area contributed by atoms with E-state index in [1.165, 1.54) is 0 Å². The molecule has 0 unspecified atom stereocenters. The van der Waals surface area contributed by atoms with Crippen LogP contribution in [0.3, 0.4) is 0 Å². The molecule has 7 aromatic carbocycles. The summed E-state index contributed by atoms with van der Waals surface area (Å²) in [6.45, 7) is 8.17. The van der Waals surface area contributed by atoms with Gasteiger partial charge in [-0.3, -0.25) is 0 Å². The number of aromatic nitrogens is 2. The summed E-state index contributed by atoms with van der Waals surface area (Å²) in [5.41, 5.74) is 11.5. The molecule has 0 atom stereocenters. The molecule has 0 aliphatic heterocycles. The van der Waals surface area contributed by atoms with Crippen LogP contribution in [0.2, 0.25) is 0 Å². The lowest BCUT2D eigenvalue weighted by molar-refractivity contribution is 1.18. The zero-order valence-corrected chi connectivity index (χ0v) is 26.7. The molecule has 0 saturated heterocycles. The first-order chi connectivity index (χ1) is 24.7. The van der Waals surface area contributed by atoms with Crippen LogP contribution in [0.1, 0.15) is 11.1 Å². The van der Waals surface area contributed by atoms with Gasteiger partial charge < -0.3 is 9.13 Å². The molecule has 0 amide bonds. The molecular formula is C45H25N5. The van der Waals surface area contributed by atoms with E-state index in [-0.39, 0.29) is 0 Å². The van der Waals surface area contributed by atoms with Crippen LogP contribution >= 0.6 is 0 Å². The Morgan fingerprint density at radius 3 is 1.88 bits per heavy atom. The summed E-state index contributed by atoms with van der Waals surface area (Å²) in [5, 5.41) is 23.6. The number of rotatable bonds is 4. The van der Waals surface area contributed by atoms with Gasteiger partial charge in [0.05, 0.1) is 57.6 Å². The summed E-state index contributed by atoms with van der Waals surface area (Å²) >= 11 is 0. The van der Waals surface area contributed by atoms with Crippen LogP contribution in [-0.4, -0.2) is 9.13 Å². The quantitative estimate of drug-likeness (QED) is 0.181. The normalized spacial score (nSPS) is 11.1. The summed E-state index contributed by atoms with van der Waals surface area (Å²) in [4.78, 5) is 4.01. The third-order valence-corrected chi connectivity index (χ3v) is 9.59. The molecule has 50 heavy (non-hydrogen) atoms. The second kappa shape index (κ2) is 11.4. The first-order valence-corrected chi connectivity index (χ1v) is 16.3. The Balaban J connectivity index is 1.23. The number of benzene rings is 7. The van der Waals surface area contributed by atoms with Crippen LogP contribution in [0.5, 0.6) is 0 Å². The van der Waals surface area contributed by atoms with Gasteiger partial charge >= 0.3 is 0 Å². The molecule has 5 heteroatoms. The van der Waals surface area contributed by atoms with Gasteiger partial charge in [0.15, 0.2) is 0 Å². The maximum Gasteiger partial charge on any atom is 0.211 e. The molecular weight excluding hydrogens is 611 g/mol.